The number of nitrogens with zero attached hydrogens (tertiary/aromatic N) is 1. The quantitative estimate of drug-likeness (QED) is 0.318. The zero-order valence-corrected chi connectivity index (χ0v) is 19.6. The number of aliphatic imine (C=N–C) groups is 1. The monoisotopic (exact) mass is 509 g/mol. The van der Waals surface area contributed by atoms with E-state index in [4.69, 9.17) is 9.47 Å². The van der Waals surface area contributed by atoms with Gasteiger partial charge in [-0.1, -0.05) is 54.6 Å². The van der Waals surface area contributed by atoms with Crippen molar-refractivity contribution in [3.8, 4) is 0 Å². The van der Waals surface area contributed by atoms with Crippen molar-refractivity contribution in [3.05, 3.63) is 71.3 Å². The molecule has 0 aliphatic carbocycles. The molecular formula is C23H32IN3O2. The summed E-state index contributed by atoms with van der Waals surface area (Å²) in [5, 5.41) is 6.76. The lowest BCUT2D eigenvalue weighted by Crippen LogP contribution is -2.45. The molecule has 2 N–H and O–H groups in total. The predicted octanol–water partition coefficient (Wildman–Crippen LogP) is 4.26. The lowest BCUT2D eigenvalue weighted by Gasteiger charge is -2.24. The number of nitrogens with one attached hydrogen (secondary N) is 2. The topological polar surface area (TPSA) is 54.9 Å². The van der Waals surface area contributed by atoms with Gasteiger partial charge in [-0.3, -0.25) is 4.99 Å². The highest BCUT2D eigenvalue weighted by Crippen LogP contribution is 2.23. The van der Waals surface area contributed by atoms with Gasteiger partial charge >= 0.3 is 0 Å². The summed E-state index contributed by atoms with van der Waals surface area (Å²) in [6, 6.07) is 18.7. The molecule has 1 heterocycles. The summed E-state index contributed by atoms with van der Waals surface area (Å²) in [4.78, 5) is 4.31. The Kier molecular flexibility index (Phi) is 9.90. The summed E-state index contributed by atoms with van der Waals surface area (Å²) in [6.45, 7) is 5.71. The molecule has 3 rings (SSSR count). The van der Waals surface area contributed by atoms with E-state index in [-0.39, 0.29) is 29.6 Å². The van der Waals surface area contributed by atoms with Crippen LogP contribution in [0, 0.1) is 0 Å². The number of benzene rings is 2. The molecule has 1 aliphatic heterocycles. The highest BCUT2D eigenvalue weighted by molar-refractivity contribution is 14.0. The third-order valence-electron chi connectivity index (χ3n) is 4.99. The summed E-state index contributed by atoms with van der Waals surface area (Å²) in [5.74, 6) is 0.794. The highest BCUT2D eigenvalue weighted by atomic mass is 127. The van der Waals surface area contributed by atoms with Gasteiger partial charge in [0.1, 0.15) is 0 Å². The van der Waals surface area contributed by atoms with Gasteiger partial charge < -0.3 is 20.1 Å². The van der Waals surface area contributed by atoms with Gasteiger partial charge in [-0.15, -0.1) is 24.0 Å². The smallest absolute Gasteiger partial charge is 0.191 e. The Hall–Kier alpha value is -1.64. The largest absolute Gasteiger partial charge is 0.373 e. The maximum Gasteiger partial charge on any atom is 0.191 e. The first kappa shape index (κ1) is 23.6. The van der Waals surface area contributed by atoms with Gasteiger partial charge in [0, 0.05) is 26.7 Å². The molecule has 1 unspecified atom stereocenters. The number of rotatable bonds is 8. The van der Waals surface area contributed by atoms with E-state index in [0.29, 0.717) is 19.8 Å². The molecule has 1 saturated heterocycles. The SMILES string of the molecule is CN=C(NCc1cccc(COCc2ccccc2)c1)NCC1(C)CCCO1.I. The van der Waals surface area contributed by atoms with Crippen LogP contribution >= 0.6 is 24.0 Å². The van der Waals surface area contributed by atoms with E-state index >= 15 is 0 Å². The second-order valence-electron chi connectivity index (χ2n) is 7.48. The standard InChI is InChI=1S/C23H31N3O2.HI/c1-23(12-7-13-28-23)18-26-22(24-2)25-15-20-10-6-11-21(14-20)17-27-16-19-8-4-3-5-9-19;/h3-6,8-11,14H,7,12-13,15-18H2,1-2H3,(H2,24,25,26);1H. The van der Waals surface area contributed by atoms with E-state index in [2.05, 4.69) is 58.9 Å². The predicted molar refractivity (Wildman–Crippen MR) is 129 cm³/mol. The molecule has 1 atom stereocenters. The van der Waals surface area contributed by atoms with Gasteiger partial charge in [0.25, 0.3) is 0 Å². The van der Waals surface area contributed by atoms with Crippen molar-refractivity contribution in [1.29, 1.82) is 0 Å². The molecule has 0 aromatic heterocycles. The first-order valence-corrected chi connectivity index (χ1v) is 9.95. The average Bonchev–Trinajstić information content (AvgIpc) is 3.16. The van der Waals surface area contributed by atoms with E-state index in [1.165, 1.54) is 16.7 Å². The van der Waals surface area contributed by atoms with E-state index in [9.17, 15) is 0 Å². The Morgan fingerprint density at radius 1 is 1.03 bits per heavy atom. The normalized spacial score (nSPS) is 18.9. The van der Waals surface area contributed by atoms with Gasteiger partial charge in [0.2, 0.25) is 0 Å². The third-order valence-corrected chi connectivity index (χ3v) is 4.99. The first-order chi connectivity index (χ1) is 13.7. The van der Waals surface area contributed by atoms with Crippen molar-refractivity contribution < 1.29 is 9.47 Å². The molecule has 29 heavy (non-hydrogen) atoms. The molecule has 2 aromatic rings. The van der Waals surface area contributed by atoms with E-state index in [1.54, 1.807) is 7.05 Å². The van der Waals surface area contributed by atoms with Crippen molar-refractivity contribution >= 4 is 29.9 Å². The molecule has 0 radical (unpaired) electrons. The van der Waals surface area contributed by atoms with Crippen molar-refractivity contribution in [2.45, 2.75) is 45.1 Å². The maximum absolute atomic E-state index is 5.84. The van der Waals surface area contributed by atoms with Gasteiger partial charge in [-0.05, 0) is 36.5 Å². The molecule has 158 valence electrons. The average molecular weight is 509 g/mol. The summed E-state index contributed by atoms with van der Waals surface area (Å²) >= 11 is 0. The second kappa shape index (κ2) is 12.1. The molecule has 1 aliphatic rings. The minimum atomic E-state index is -0.0897. The van der Waals surface area contributed by atoms with Crippen LogP contribution in [0.3, 0.4) is 0 Å². The van der Waals surface area contributed by atoms with Crippen LogP contribution in [0.25, 0.3) is 0 Å². The fourth-order valence-electron chi connectivity index (χ4n) is 3.34. The van der Waals surface area contributed by atoms with E-state index in [0.717, 1.165) is 32.0 Å². The van der Waals surface area contributed by atoms with E-state index in [1.807, 2.05) is 18.2 Å². The fourth-order valence-corrected chi connectivity index (χ4v) is 3.34. The van der Waals surface area contributed by atoms with Gasteiger partial charge in [-0.2, -0.15) is 0 Å². The Labute approximate surface area is 191 Å². The molecular weight excluding hydrogens is 477 g/mol. The molecule has 0 bridgehead atoms. The summed E-state index contributed by atoms with van der Waals surface area (Å²) in [5.41, 5.74) is 3.47. The van der Waals surface area contributed by atoms with Crippen LogP contribution in [0.4, 0.5) is 0 Å². The molecule has 2 aromatic carbocycles. The van der Waals surface area contributed by atoms with E-state index < -0.39 is 0 Å². The maximum atomic E-state index is 5.84. The van der Waals surface area contributed by atoms with Crippen molar-refractivity contribution in [2.75, 3.05) is 20.2 Å². The van der Waals surface area contributed by atoms with Crippen molar-refractivity contribution in [2.24, 2.45) is 4.99 Å². The molecule has 5 nitrogen and oxygen atoms in total. The summed E-state index contributed by atoms with van der Waals surface area (Å²) in [6.07, 6.45) is 2.21. The molecule has 6 heteroatoms. The number of ether oxygens (including phenoxy) is 2. The van der Waals surface area contributed by atoms with Crippen molar-refractivity contribution in [1.82, 2.24) is 10.6 Å². The van der Waals surface area contributed by atoms with Gasteiger partial charge in [0.15, 0.2) is 5.96 Å². The van der Waals surface area contributed by atoms with Crippen LogP contribution < -0.4 is 10.6 Å². The Morgan fingerprint density at radius 2 is 1.76 bits per heavy atom. The molecule has 0 spiro atoms. The highest BCUT2D eigenvalue weighted by Gasteiger charge is 2.29. The fraction of sp³-hybridized carbons (Fsp3) is 0.435. The van der Waals surface area contributed by atoms with Crippen LogP contribution in [-0.4, -0.2) is 31.8 Å². The van der Waals surface area contributed by atoms with Crippen LogP contribution in [-0.2, 0) is 29.2 Å². The van der Waals surface area contributed by atoms with Crippen molar-refractivity contribution in [3.63, 3.8) is 0 Å². The number of guanidine groups is 1. The summed E-state index contributed by atoms with van der Waals surface area (Å²) < 4.78 is 11.7. The van der Waals surface area contributed by atoms with Gasteiger partial charge in [-0.25, -0.2) is 0 Å². The van der Waals surface area contributed by atoms with Crippen LogP contribution in [0.15, 0.2) is 59.6 Å². The Balaban J connectivity index is 0.00000300. The van der Waals surface area contributed by atoms with Crippen LogP contribution in [0.5, 0.6) is 0 Å². The van der Waals surface area contributed by atoms with Crippen LogP contribution in [0.2, 0.25) is 0 Å². The molecule has 0 saturated carbocycles. The van der Waals surface area contributed by atoms with Crippen LogP contribution in [0.1, 0.15) is 36.5 Å². The third kappa shape index (κ3) is 7.95. The molecule has 1 fully saturated rings. The zero-order chi connectivity index (χ0) is 19.7. The Bertz CT molecular complexity index is 762. The van der Waals surface area contributed by atoms with Gasteiger partial charge in [0.05, 0.1) is 18.8 Å². The number of hydrogen-bond donors (Lipinski definition) is 2. The summed E-state index contributed by atoms with van der Waals surface area (Å²) in [7, 11) is 1.79. The number of hydrogen-bond acceptors (Lipinski definition) is 3. The number of halogens is 1. The lowest BCUT2D eigenvalue weighted by atomic mass is 10.0. The Morgan fingerprint density at radius 3 is 2.48 bits per heavy atom. The second-order valence-corrected chi connectivity index (χ2v) is 7.48. The minimum absolute atomic E-state index is 0. The molecule has 0 amide bonds. The zero-order valence-electron chi connectivity index (χ0n) is 17.3. The first-order valence-electron chi connectivity index (χ1n) is 9.95. The minimum Gasteiger partial charge on any atom is -0.373 e. The lowest BCUT2D eigenvalue weighted by molar-refractivity contribution is 0.0243.